The van der Waals surface area contributed by atoms with Crippen LogP contribution in [0.15, 0.2) is 0 Å². The Morgan fingerprint density at radius 2 is 1.00 bits per heavy atom. The third-order valence-corrected chi connectivity index (χ3v) is 6.94. The number of hydrogen-bond acceptors (Lipinski definition) is 13. The average Bonchev–Trinajstić information content (AvgIpc) is 2.84. The van der Waals surface area contributed by atoms with Gasteiger partial charge in [-0.15, -0.1) is 0 Å². The van der Waals surface area contributed by atoms with Crippen LogP contribution in [-0.4, -0.2) is 137 Å². The lowest BCUT2D eigenvalue weighted by molar-refractivity contribution is -0.145. The molecule has 0 aliphatic carbocycles. The quantitative estimate of drug-likeness (QED) is 0.0421. The number of hydrogen-bond donors (Lipinski definition) is 11. The molecule has 0 bridgehead atoms. The Kier molecular flexibility index (Phi) is 15.8. The summed E-state index contributed by atoms with van der Waals surface area (Å²) in [7, 11) is -8.55. The number of nitrogens with one attached hydrogen (secondary N) is 5. The first-order chi connectivity index (χ1) is 19.9. The van der Waals surface area contributed by atoms with Crippen molar-refractivity contribution in [1.82, 2.24) is 26.6 Å². The molecule has 0 spiro atoms. The Bertz CT molecular complexity index is 1320. The van der Waals surface area contributed by atoms with Crippen LogP contribution in [0.5, 0.6) is 0 Å². The fourth-order valence-corrected chi connectivity index (χ4v) is 4.52. The lowest BCUT2D eigenvalue weighted by Gasteiger charge is -2.27. The van der Waals surface area contributed by atoms with Gasteiger partial charge in [-0.2, -0.15) is 16.8 Å². The summed E-state index contributed by atoms with van der Waals surface area (Å²) in [5.74, 6) is -14.4. The summed E-state index contributed by atoms with van der Waals surface area (Å²) in [5, 5.41) is 47.7. The molecule has 22 nitrogen and oxygen atoms in total. The molecule has 0 fully saturated rings. The molecule has 252 valence electrons. The van der Waals surface area contributed by atoms with Gasteiger partial charge in [0.1, 0.15) is 35.9 Å². The highest BCUT2D eigenvalue weighted by Gasteiger charge is 2.34. The second-order valence-electron chi connectivity index (χ2n) is 9.24. The van der Waals surface area contributed by atoms with Crippen LogP contribution >= 0.6 is 0 Å². The largest absolute Gasteiger partial charge is 0.480 e. The molecule has 44 heavy (non-hydrogen) atoms. The average molecular weight is 680 g/mol. The van der Waals surface area contributed by atoms with E-state index < -0.39 is 122 Å². The van der Waals surface area contributed by atoms with Gasteiger partial charge < -0.3 is 41.7 Å². The maximum absolute atomic E-state index is 13.0. The lowest BCUT2D eigenvalue weighted by atomic mass is 10.0. The summed E-state index contributed by atoms with van der Waals surface area (Å²) in [6.07, 6.45) is -4.42. The maximum Gasteiger partial charge on any atom is 0.327 e. The van der Waals surface area contributed by atoms with Gasteiger partial charge in [-0.3, -0.25) is 33.6 Å². The standard InChI is InChI=1S/C20H33N5O17S2/c1-8(3-13(26)21-2)16(29)24-9(4-14(27)22-11(19(33)34)6-43(37,38)39)17(30)25-10(18(31)32)5-15(28)23-12(20(35)36)7-44(40,41)42/h8-12,16,24,29H,3-7H2,1-2H3,(H,21,26)(H,22,27)(H,23,28)(H,25,30)(H,31,32)(H,33,34)(H,35,36)(H,37,38,39)(H,40,41,42)/t8-,9-,10-,11?,12?,16?/m1/s1. The molecule has 24 heteroatoms. The Balaban J connectivity index is 6.00. The van der Waals surface area contributed by atoms with Crippen molar-refractivity contribution in [3.05, 3.63) is 0 Å². The summed E-state index contributed by atoms with van der Waals surface area (Å²) in [6.45, 7) is 1.32. The van der Waals surface area contributed by atoms with E-state index in [1.54, 1.807) is 10.6 Å². The van der Waals surface area contributed by atoms with Crippen molar-refractivity contribution in [3.63, 3.8) is 0 Å². The molecular formula is C20H33N5O17S2. The van der Waals surface area contributed by atoms with Crippen molar-refractivity contribution >= 4 is 61.8 Å². The summed E-state index contributed by atoms with van der Waals surface area (Å²) >= 11 is 0. The number of amides is 4. The number of aliphatic hydroxyl groups is 1. The maximum atomic E-state index is 13.0. The van der Waals surface area contributed by atoms with Gasteiger partial charge in [-0.1, -0.05) is 6.92 Å². The van der Waals surface area contributed by atoms with E-state index in [1.807, 2.05) is 5.32 Å². The molecule has 11 N–H and O–H groups in total. The van der Waals surface area contributed by atoms with Crippen LogP contribution in [-0.2, 0) is 53.8 Å². The summed E-state index contributed by atoms with van der Waals surface area (Å²) in [4.78, 5) is 83.6. The molecule has 0 heterocycles. The Morgan fingerprint density at radius 3 is 1.34 bits per heavy atom. The van der Waals surface area contributed by atoms with Gasteiger partial charge in [0.15, 0.2) is 0 Å². The molecule has 4 amide bonds. The van der Waals surface area contributed by atoms with Crippen molar-refractivity contribution in [3.8, 4) is 0 Å². The fourth-order valence-electron chi connectivity index (χ4n) is 3.22. The van der Waals surface area contributed by atoms with Gasteiger partial charge in [0, 0.05) is 19.4 Å². The highest BCUT2D eigenvalue weighted by molar-refractivity contribution is 7.86. The summed E-state index contributed by atoms with van der Waals surface area (Å²) in [5.41, 5.74) is 0. The van der Waals surface area contributed by atoms with Crippen LogP contribution in [0.1, 0.15) is 26.2 Å². The summed E-state index contributed by atoms with van der Waals surface area (Å²) in [6, 6.07) is -8.56. The molecule has 0 aliphatic rings. The van der Waals surface area contributed by atoms with Crippen LogP contribution in [0.3, 0.4) is 0 Å². The molecule has 0 saturated carbocycles. The highest BCUT2D eigenvalue weighted by Crippen LogP contribution is 2.09. The first-order valence-corrected chi connectivity index (χ1v) is 15.3. The fraction of sp³-hybridized carbons (Fsp3) is 0.650. The van der Waals surface area contributed by atoms with Crippen molar-refractivity contribution in [2.75, 3.05) is 18.6 Å². The molecule has 0 saturated heterocycles. The first-order valence-electron chi connectivity index (χ1n) is 12.1. The van der Waals surface area contributed by atoms with Gasteiger partial charge in [-0.05, 0) is 0 Å². The predicted molar refractivity (Wildman–Crippen MR) is 142 cm³/mol. The van der Waals surface area contributed by atoms with Gasteiger partial charge in [0.25, 0.3) is 20.2 Å². The van der Waals surface area contributed by atoms with Crippen LogP contribution in [0.4, 0.5) is 0 Å². The third-order valence-electron chi connectivity index (χ3n) is 5.43. The SMILES string of the molecule is CNC(=O)C[C@@H](C)C(O)N[C@H](CC(=O)NC(CS(=O)(=O)O)C(=O)O)C(=O)N[C@H](CC(=O)NC(CS(=O)(=O)O)C(=O)O)C(=O)O. The van der Waals surface area contributed by atoms with Crippen molar-refractivity contribution in [2.24, 2.45) is 5.92 Å². The molecule has 0 rings (SSSR count). The zero-order valence-corrected chi connectivity index (χ0v) is 24.6. The van der Waals surface area contributed by atoms with Gasteiger partial charge in [-0.25, -0.2) is 14.4 Å². The number of rotatable bonds is 20. The molecule has 6 atom stereocenters. The molecule has 0 aromatic carbocycles. The number of carbonyl (C=O) groups is 7. The van der Waals surface area contributed by atoms with E-state index in [4.69, 9.17) is 19.3 Å². The number of carbonyl (C=O) groups excluding carboxylic acids is 4. The topological polar surface area (TPSA) is 369 Å². The molecule has 0 aromatic heterocycles. The normalized spacial score (nSPS) is 15.8. The molecule has 0 aliphatic heterocycles. The minimum Gasteiger partial charge on any atom is -0.480 e. The minimum absolute atomic E-state index is 0.327. The second kappa shape index (κ2) is 17.4. The highest BCUT2D eigenvalue weighted by atomic mass is 32.2. The third kappa shape index (κ3) is 16.6. The zero-order valence-electron chi connectivity index (χ0n) is 23.0. The van der Waals surface area contributed by atoms with Gasteiger partial charge in [0.05, 0.1) is 18.9 Å². The second-order valence-corrected chi connectivity index (χ2v) is 12.2. The zero-order chi connectivity index (χ0) is 34.6. The van der Waals surface area contributed by atoms with Crippen molar-refractivity contribution < 1.29 is 79.9 Å². The van der Waals surface area contributed by atoms with E-state index in [1.165, 1.54) is 14.0 Å². The van der Waals surface area contributed by atoms with E-state index in [-0.39, 0.29) is 6.42 Å². The Labute approximate surface area is 249 Å². The first kappa shape index (κ1) is 40.0. The minimum atomic E-state index is -4.92. The molecule has 3 unspecified atom stereocenters. The number of carboxylic acids is 3. The van der Waals surface area contributed by atoms with E-state index in [9.17, 15) is 60.6 Å². The van der Waals surface area contributed by atoms with E-state index in [0.717, 1.165) is 0 Å². The lowest BCUT2D eigenvalue weighted by Crippen LogP contribution is -2.57. The van der Waals surface area contributed by atoms with Crippen molar-refractivity contribution in [1.29, 1.82) is 0 Å². The number of aliphatic carboxylic acids is 3. The van der Waals surface area contributed by atoms with E-state index in [0.29, 0.717) is 0 Å². The van der Waals surface area contributed by atoms with Crippen LogP contribution in [0, 0.1) is 5.92 Å². The van der Waals surface area contributed by atoms with Crippen LogP contribution in [0.25, 0.3) is 0 Å². The smallest absolute Gasteiger partial charge is 0.327 e. The predicted octanol–water partition coefficient (Wildman–Crippen LogP) is -5.70. The summed E-state index contributed by atoms with van der Waals surface area (Å²) < 4.78 is 61.9. The number of carboxylic acid groups (broad SMARTS) is 3. The van der Waals surface area contributed by atoms with Gasteiger partial charge in [0.2, 0.25) is 23.6 Å². The number of aliphatic hydroxyl groups excluding tert-OH is 1. The Hall–Kier alpha value is -3.97. The molecule has 0 radical (unpaired) electrons. The molecule has 0 aromatic rings. The van der Waals surface area contributed by atoms with Crippen LogP contribution < -0.4 is 26.6 Å². The molecular weight excluding hydrogens is 646 g/mol. The van der Waals surface area contributed by atoms with Crippen molar-refractivity contribution in [2.45, 2.75) is 56.6 Å². The monoisotopic (exact) mass is 679 g/mol. The van der Waals surface area contributed by atoms with Crippen LogP contribution in [0.2, 0.25) is 0 Å². The Morgan fingerprint density at radius 1 is 0.614 bits per heavy atom. The van der Waals surface area contributed by atoms with E-state index >= 15 is 0 Å². The van der Waals surface area contributed by atoms with Gasteiger partial charge >= 0.3 is 17.9 Å². The van der Waals surface area contributed by atoms with E-state index in [2.05, 4.69) is 10.6 Å².